The molecule has 1 aromatic carbocycles. The third kappa shape index (κ3) is 2.68. The number of benzene rings is 1. The Bertz CT molecular complexity index is 583. The molecule has 1 heterocycles. The topological polar surface area (TPSA) is 52.1 Å². The molecule has 94 valence electrons. The highest BCUT2D eigenvalue weighted by Gasteiger charge is 2.16. The van der Waals surface area contributed by atoms with E-state index in [0.29, 0.717) is 21.3 Å². The van der Waals surface area contributed by atoms with Gasteiger partial charge in [-0.25, -0.2) is 0 Å². The van der Waals surface area contributed by atoms with Gasteiger partial charge in [0.05, 0.1) is 12.8 Å². The van der Waals surface area contributed by atoms with Crippen LogP contribution in [0.5, 0.6) is 5.75 Å². The number of aromatic nitrogens is 2. The molecule has 0 fully saturated rings. The molecular weight excluding hydrogens is 272 g/mol. The number of Topliss-reactive ketones (excluding diaryl/α,β-unsaturated/α-hetero) is 1. The monoisotopic (exact) mass is 282 g/mol. The first-order valence-corrected chi connectivity index (χ1v) is 6.41. The number of ether oxygens (including phenoxy) is 1. The first kappa shape index (κ1) is 13.0. The van der Waals surface area contributed by atoms with Gasteiger partial charge in [0, 0.05) is 17.0 Å². The molecule has 0 aliphatic heterocycles. The van der Waals surface area contributed by atoms with Crippen LogP contribution < -0.4 is 4.74 Å². The molecule has 0 amide bonds. The van der Waals surface area contributed by atoms with Gasteiger partial charge in [-0.3, -0.25) is 4.79 Å². The summed E-state index contributed by atoms with van der Waals surface area (Å²) in [5, 5.41) is 4.41. The zero-order chi connectivity index (χ0) is 13.1. The Morgan fingerprint density at radius 1 is 1.50 bits per heavy atom. The van der Waals surface area contributed by atoms with E-state index in [1.165, 1.54) is 0 Å². The average Bonchev–Trinajstić information content (AvgIpc) is 2.76. The molecular formula is C12H11ClN2O2S. The molecule has 18 heavy (non-hydrogen) atoms. The zero-order valence-corrected chi connectivity index (χ0v) is 11.5. The summed E-state index contributed by atoms with van der Waals surface area (Å²) in [5.74, 6) is 0.631. The smallest absolute Gasteiger partial charge is 0.180 e. The maximum absolute atomic E-state index is 12.1. The number of ketones is 1. The average molecular weight is 283 g/mol. The van der Waals surface area contributed by atoms with Gasteiger partial charge in [-0.2, -0.15) is 0 Å². The van der Waals surface area contributed by atoms with E-state index in [2.05, 4.69) is 9.59 Å². The van der Waals surface area contributed by atoms with Crippen LogP contribution in [0, 0.1) is 6.92 Å². The molecule has 0 aliphatic rings. The van der Waals surface area contributed by atoms with Gasteiger partial charge >= 0.3 is 0 Å². The zero-order valence-electron chi connectivity index (χ0n) is 9.94. The number of carbonyl (C=O) groups excluding carboxylic acids is 1. The number of halogens is 1. The Hall–Kier alpha value is -1.46. The lowest BCUT2D eigenvalue weighted by Gasteiger charge is -2.07. The lowest BCUT2D eigenvalue weighted by molar-refractivity contribution is 0.0995. The molecule has 0 bridgehead atoms. The number of carbonyl (C=O) groups is 1. The second kappa shape index (κ2) is 5.46. The summed E-state index contributed by atoms with van der Waals surface area (Å²) in [6.07, 6.45) is 0.231. The maximum Gasteiger partial charge on any atom is 0.180 e. The largest absolute Gasteiger partial charge is 0.496 e. The highest BCUT2D eigenvalue weighted by Crippen LogP contribution is 2.24. The summed E-state index contributed by atoms with van der Waals surface area (Å²) in [5.41, 5.74) is 1.42. The van der Waals surface area contributed by atoms with Crippen molar-refractivity contribution < 1.29 is 9.53 Å². The van der Waals surface area contributed by atoms with Gasteiger partial charge in [0.1, 0.15) is 10.6 Å². The lowest BCUT2D eigenvalue weighted by atomic mass is 10.1. The van der Waals surface area contributed by atoms with Crippen LogP contribution in [0.1, 0.15) is 20.9 Å². The molecule has 4 nitrogen and oxygen atoms in total. The van der Waals surface area contributed by atoms with Gasteiger partial charge in [-0.15, -0.1) is 5.10 Å². The van der Waals surface area contributed by atoms with Crippen LogP contribution in [0.25, 0.3) is 0 Å². The van der Waals surface area contributed by atoms with Gasteiger partial charge in [-0.05, 0) is 36.7 Å². The van der Waals surface area contributed by atoms with Gasteiger partial charge < -0.3 is 4.74 Å². The molecule has 0 spiro atoms. The molecule has 2 aromatic rings. The normalized spacial score (nSPS) is 10.4. The van der Waals surface area contributed by atoms with Crippen LogP contribution in [0.15, 0.2) is 18.2 Å². The SMILES string of the molecule is COc1ccc(Cl)cc1CC(=O)c1snnc1C. The summed E-state index contributed by atoms with van der Waals surface area (Å²) in [6.45, 7) is 1.77. The molecule has 0 atom stereocenters. The quantitative estimate of drug-likeness (QED) is 0.809. The van der Waals surface area contributed by atoms with Crippen molar-refractivity contribution in [2.24, 2.45) is 0 Å². The second-order valence-electron chi connectivity index (χ2n) is 3.74. The van der Waals surface area contributed by atoms with E-state index in [1.54, 1.807) is 32.2 Å². The van der Waals surface area contributed by atoms with Crippen molar-refractivity contribution in [1.29, 1.82) is 0 Å². The van der Waals surface area contributed by atoms with Crippen LogP contribution >= 0.6 is 23.1 Å². The van der Waals surface area contributed by atoms with E-state index in [-0.39, 0.29) is 12.2 Å². The molecule has 0 aliphatic carbocycles. The first-order valence-electron chi connectivity index (χ1n) is 5.26. The van der Waals surface area contributed by atoms with Crippen LogP contribution in [0.2, 0.25) is 5.02 Å². The van der Waals surface area contributed by atoms with Crippen molar-refractivity contribution in [3.63, 3.8) is 0 Å². The van der Waals surface area contributed by atoms with Crippen molar-refractivity contribution in [3.05, 3.63) is 39.4 Å². The van der Waals surface area contributed by atoms with Crippen molar-refractivity contribution >= 4 is 28.9 Å². The van der Waals surface area contributed by atoms with E-state index in [0.717, 1.165) is 17.1 Å². The highest BCUT2D eigenvalue weighted by molar-refractivity contribution is 7.08. The van der Waals surface area contributed by atoms with Crippen molar-refractivity contribution in [3.8, 4) is 5.75 Å². The summed E-state index contributed by atoms with van der Waals surface area (Å²) >= 11 is 7.03. The minimum absolute atomic E-state index is 0.0249. The van der Waals surface area contributed by atoms with Crippen LogP contribution in [0.3, 0.4) is 0 Å². The number of rotatable bonds is 4. The minimum atomic E-state index is -0.0249. The third-order valence-corrected chi connectivity index (χ3v) is 3.60. The fourth-order valence-corrected chi connectivity index (χ4v) is 2.41. The Labute approximate surface area is 114 Å². The summed E-state index contributed by atoms with van der Waals surface area (Å²) < 4.78 is 8.97. The molecule has 2 rings (SSSR count). The van der Waals surface area contributed by atoms with Crippen LogP contribution in [-0.4, -0.2) is 22.5 Å². The summed E-state index contributed by atoms with van der Waals surface area (Å²) in [7, 11) is 1.57. The number of hydrogen-bond acceptors (Lipinski definition) is 5. The predicted octanol–water partition coefficient (Wildman–Crippen LogP) is 2.93. The molecule has 0 saturated carbocycles. The number of hydrogen-bond donors (Lipinski definition) is 0. The number of methoxy groups -OCH3 is 1. The van der Waals surface area contributed by atoms with E-state index in [1.807, 2.05) is 0 Å². The molecule has 0 saturated heterocycles. The fourth-order valence-electron chi connectivity index (χ4n) is 1.63. The highest BCUT2D eigenvalue weighted by atomic mass is 35.5. The Balaban J connectivity index is 2.27. The Kier molecular flexibility index (Phi) is 3.93. The van der Waals surface area contributed by atoms with Crippen LogP contribution in [0.4, 0.5) is 0 Å². The Morgan fingerprint density at radius 3 is 2.89 bits per heavy atom. The summed E-state index contributed by atoms with van der Waals surface area (Å²) in [6, 6.07) is 5.22. The van der Waals surface area contributed by atoms with Gasteiger partial charge in [0.25, 0.3) is 0 Å². The standard InChI is InChI=1S/C12H11ClN2O2S/c1-7-12(18-15-14-7)10(16)6-8-5-9(13)3-4-11(8)17-2/h3-5H,6H2,1-2H3. The van der Waals surface area contributed by atoms with E-state index in [4.69, 9.17) is 16.3 Å². The predicted molar refractivity (Wildman–Crippen MR) is 70.7 cm³/mol. The molecule has 0 radical (unpaired) electrons. The van der Waals surface area contributed by atoms with Crippen molar-refractivity contribution in [1.82, 2.24) is 9.59 Å². The molecule has 0 unspecified atom stereocenters. The van der Waals surface area contributed by atoms with E-state index in [9.17, 15) is 4.79 Å². The van der Waals surface area contributed by atoms with Crippen molar-refractivity contribution in [2.45, 2.75) is 13.3 Å². The summed E-state index contributed by atoms with van der Waals surface area (Å²) in [4.78, 5) is 12.7. The maximum atomic E-state index is 12.1. The van der Waals surface area contributed by atoms with Gasteiger partial charge in [-0.1, -0.05) is 16.1 Å². The fraction of sp³-hybridized carbons (Fsp3) is 0.250. The van der Waals surface area contributed by atoms with Crippen molar-refractivity contribution in [2.75, 3.05) is 7.11 Å². The number of aryl methyl sites for hydroxylation is 1. The molecule has 0 N–H and O–H groups in total. The molecule has 6 heteroatoms. The van der Waals surface area contributed by atoms with Gasteiger partial charge in [0.15, 0.2) is 5.78 Å². The first-order chi connectivity index (χ1) is 8.61. The number of nitrogens with zero attached hydrogens (tertiary/aromatic N) is 2. The lowest BCUT2D eigenvalue weighted by Crippen LogP contribution is -2.04. The van der Waals surface area contributed by atoms with E-state index < -0.39 is 0 Å². The minimum Gasteiger partial charge on any atom is -0.496 e. The van der Waals surface area contributed by atoms with Crippen LogP contribution in [-0.2, 0) is 6.42 Å². The van der Waals surface area contributed by atoms with E-state index >= 15 is 0 Å². The third-order valence-electron chi connectivity index (χ3n) is 2.50. The second-order valence-corrected chi connectivity index (χ2v) is 4.93. The Morgan fingerprint density at radius 2 is 2.28 bits per heavy atom. The van der Waals surface area contributed by atoms with Gasteiger partial charge in [0.2, 0.25) is 0 Å². The molecule has 1 aromatic heterocycles.